The first kappa shape index (κ1) is 10.1. The van der Waals surface area contributed by atoms with E-state index in [0.717, 1.165) is 19.5 Å². The van der Waals surface area contributed by atoms with Crippen LogP contribution in [0.15, 0.2) is 0 Å². The molecule has 1 aliphatic heterocycles. The Morgan fingerprint density at radius 2 is 2.40 bits per heavy atom. The van der Waals surface area contributed by atoms with Crippen molar-refractivity contribution in [1.29, 1.82) is 0 Å². The van der Waals surface area contributed by atoms with Gasteiger partial charge in [-0.2, -0.15) is 0 Å². The zero-order chi connectivity index (χ0) is 6.69. The maximum absolute atomic E-state index is 10.8. The van der Waals surface area contributed by atoms with Gasteiger partial charge in [-0.15, -0.1) is 13.1 Å². The Morgan fingerprint density at radius 3 is 2.80 bits per heavy atom. The van der Waals surface area contributed by atoms with Gasteiger partial charge in [0, 0.05) is 33.4 Å². The minimum Gasteiger partial charge on any atom is -0.662 e. The van der Waals surface area contributed by atoms with E-state index in [4.69, 9.17) is 0 Å². The van der Waals surface area contributed by atoms with E-state index in [0.29, 0.717) is 0 Å². The van der Waals surface area contributed by atoms with Gasteiger partial charge in [0.15, 0.2) is 0 Å². The molecule has 3 nitrogen and oxygen atoms in total. The van der Waals surface area contributed by atoms with E-state index in [2.05, 4.69) is 10.6 Å². The van der Waals surface area contributed by atoms with Crippen molar-refractivity contribution in [2.45, 2.75) is 6.42 Å². The second kappa shape index (κ2) is 4.84. The normalized spacial score (nSPS) is 23.5. The van der Waals surface area contributed by atoms with Crippen LogP contribution >= 0.6 is 0 Å². The van der Waals surface area contributed by atoms with E-state index in [1.807, 2.05) is 0 Å². The van der Waals surface area contributed by atoms with Crippen LogP contribution < -0.4 is 5.32 Å². The summed E-state index contributed by atoms with van der Waals surface area (Å²) in [6, 6.07) is 0. The van der Waals surface area contributed by atoms with Crippen LogP contribution in [0.5, 0.6) is 0 Å². The second-order valence-corrected chi connectivity index (χ2v) is 2.23. The van der Waals surface area contributed by atoms with E-state index in [1.165, 1.54) is 0 Å². The Hall–Kier alpha value is 0.0923. The summed E-state index contributed by atoms with van der Waals surface area (Å²) in [7, 11) is 1.67. The first-order valence-electron chi connectivity index (χ1n) is 3.19. The molecule has 10 heavy (non-hydrogen) atoms. The number of nitrogens with zero attached hydrogens (tertiary/aromatic N) is 1. The van der Waals surface area contributed by atoms with Crippen LogP contribution in [0.3, 0.4) is 0 Å². The molecule has 0 aromatic rings. The Bertz CT molecular complexity index is 112. The molecule has 1 saturated heterocycles. The first-order chi connectivity index (χ1) is 4.34. The fourth-order valence-corrected chi connectivity index (χ4v) is 1.00. The van der Waals surface area contributed by atoms with Crippen molar-refractivity contribution in [2.24, 2.45) is 5.92 Å². The number of nitrogens with one attached hydrogen (secondary N) is 1. The van der Waals surface area contributed by atoms with Crippen molar-refractivity contribution >= 4 is 5.91 Å². The molecule has 1 heterocycles. The summed E-state index contributed by atoms with van der Waals surface area (Å²) in [5.74, 6) is 0.297. The zero-order valence-corrected chi connectivity index (χ0v) is 8.65. The minimum atomic E-state index is 0. The molecule has 0 aliphatic carbocycles. The van der Waals surface area contributed by atoms with Gasteiger partial charge < -0.3 is 10.6 Å². The van der Waals surface area contributed by atoms with Crippen LogP contribution in [0.4, 0.5) is 0 Å². The third kappa shape index (κ3) is 2.37. The van der Waals surface area contributed by atoms with Crippen molar-refractivity contribution in [2.75, 3.05) is 20.1 Å². The third-order valence-corrected chi connectivity index (χ3v) is 1.60. The molecule has 1 atom stereocenters. The molecule has 1 radical (unpaired) electrons. The molecule has 1 aliphatic rings. The van der Waals surface area contributed by atoms with Gasteiger partial charge in [-0.25, -0.2) is 0 Å². The summed E-state index contributed by atoms with van der Waals surface area (Å²) >= 11 is 0. The Morgan fingerprint density at radius 1 is 1.70 bits per heavy atom. The molecular formula is C6H11N2ORe-. The van der Waals surface area contributed by atoms with Gasteiger partial charge in [-0.1, -0.05) is 6.42 Å². The number of hydrogen-bond acceptors (Lipinski definition) is 1. The quantitative estimate of drug-likeness (QED) is 0.734. The van der Waals surface area contributed by atoms with Crippen LogP contribution in [0.1, 0.15) is 6.42 Å². The topological polar surface area (TPSA) is 43.2 Å². The zero-order valence-electron chi connectivity index (χ0n) is 5.93. The van der Waals surface area contributed by atoms with Crippen LogP contribution in [-0.4, -0.2) is 26.0 Å². The van der Waals surface area contributed by atoms with Gasteiger partial charge in [0.2, 0.25) is 5.91 Å². The molecular weight excluding hydrogens is 302 g/mol. The molecule has 0 saturated carbocycles. The number of amides is 1. The molecule has 0 spiro atoms. The number of carbonyl (C=O) groups excluding carboxylic acids is 1. The van der Waals surface area contributed by atoms with E-state index in [9.17, 15) is 4.79 Å². The van der Waals surface area contributed by atoms with E-state index >= 15 is 0 Å². The maximum atomic E-state index is 10.8. The molecule has 1 N–H and O–H groups in total. The molecule has 1 rings (SSSR count). The van der Waals surface area contributed by atoms with E-state index in [-0.39, 0.29) is 32.2 Å². The van der Waals surface area contributed by atoms with Gasteiger partial charge >= 0.3 is 0 Å². The predicted octanol–water partition coefficient (Wildman–Crippen LogP) is 0.123. The Kier molecular flexibility index (Phi) is 4.88. The van der Waals surface area contributed by atoms with Crippen molar-refractivity contribution in [3.63, 3.8) is 0 Å². The van der Waals surface area contributed by atoms with Gasteiger partial charge in [0.25, 0.3) is 0 Å². The molecule has 0 bridgehead atoms. The summed E-state index contributed by atoms with van der Waals surface area (Å²) < 4.78 is 0. The van der Waals surface area contributed by atoms with Crippen LogP contribution in [0, 0.1) is 5.92 Å². The van der Waals surface area contributed by atoms with Crippen LogP contribution in [-0.2, 0) is 25.2 Å². The van der Waals surface area contributed by atoms with Gasteiger partial charge in [0.05, 0.1) is 0 Å². The van der Waals surface area contributed by atoms with Crippen molar-refractivity contribution in [1.82, 2.24) is 5.32 Å². The molecule has 59 valence electrons. The average molecular weight is 313 g/mol. The summed E-state index contributed by atoms with van der Waals surface area (Å²) in [5, 5.41) is 6.68. The Balaban J connectivity index is 0.000000810. The minimum absolute atomic E-state index is 0. The summed E-state index contributed by atoms with van der Waals surface area (Å²) in [6.07, 6.45) is 0.930. The largest absolute Gasteiger partial charge is 0.662 e. The molecule has 1 unspecified atom stereocenters. The number of rotatable bonds is 1. The van der Waals surface area contributed by atoms with Crippen molar-refractivity contribution < 1.29 is 25.2 Å². The molecule has 1 amide bonds. The second-order valence-electron chi connectivity index (χ2n) is 2.23. The molecule has 1 fully saturated rings. The van der Waals surface area contributed by atoms with E-state index < -0.39 is 0 Å². The van der Waals surface area contributed by atoms with Gasteiger partial charge in [-0.3, -0.25) is 4.79 Å². The Labute approximate surface area is 74.6 Å². The van der Waals surface area contributed by atoms with Crippen LogP contribution in [0.25, 0.3) is 5.32 Å². The number of hydrogen-bond donors (Lipinski definition) is 1. The van der Waals surface area contributed by atoms with Crippen molar-refractivity contribution in [3.05, 3.63) is 5.32 Å². The van der Waals surface area contributed by atoms with Gasteiger partial charge in [0.1, 0.15) is 0 Å². The molecule has 4 heteroatoms. The molecule has 0 aromatic carbocycles. The summed E-state index contributed by atoms with van der Waals surface area (Å²) in [4.78, 5) is 10.8. The standard InChI is InChI=1S/C6H11N2O.Re/c1-7-6(9)5-2-3-8-4-5;/h5H,2-4H2,1H3,(H,7,9);/q-1;. The fraction of sp³-hybridized carbons (Fsp3) is 0.833. The predicted molar refractivity (Wildman–Crippen MR) is 35.3 cm³/mol. The van der Waals surface area contributed by atoms with Gasteiger partial charge in [-0.05, 0) is 0 Å². The van der Waals surface area contributed by atoms with Crippen molar-refractivity contribution in [3.8, 4) is 0 Å². The number of carbonyl (C=O) groups is 1. The average Bonchev–Trinajstić information content (AvgIpc) is 2.37. The van der Waals surface area contributed by atoms with Crippen LogP contribution in [0.2, 0.25) is 0 Å². The summed E-state index contributed by atoms with van der Waals surface area (Å²) in [6.45, 7) is 1.58. The SMILES string of the molecule is CNC(=O)C1CC[N-]C1.[Re]. The molecule has 0 aromatic heterocycles. The summed E-state index contributed by atoms with van der Waals surface area (Å²) in [5.41, 5.74) is 0. The maximum Gasteiger partial charge on any atom is 0.221 e. The first-order valence-corrected chi connectivity index (χ1v) is 3.19. The third-order valence-electron chi connectivity index (χ3n) is 1.60. The van der Waals surface area contributed by atoms with E-state index in [1.54, 1.807) is 7.05 Å². The fourth-order valence-electron chi connectivity index (χ4n) is 1.00. The smallest absolute Gasteiger partial charge is 0.221 e. The monoisotopic (exact) mass is 314 g/mol.